The second-order valence-corrected chi connectivity index (χ2v) is 8.46. The molecule has 0 atom stereocenters. The van der Waals surface area contributed by atoms with E-state index < -0.39 is 0 Å². The third-order valence-corrected chi connectivity index (χ3v) is 6.68. The second-order valence-electron chi connectivity index (χ2n) is 7.37. The molecule has 4 aromatic rings. The van der Waals surface area contributed by atoms with E-state index in [-0.39, 0.29) is 0 Å². The highest BCUT2D eigenvalue weighted by Crippen LogP contribution is 2.39. The van der Waals surface area contributed by atoms with E-state index >= 15 is 0 Å². The maximum Gasteiger partial charge on any atom is 0.238 e. The van der Waals surface area contributed by atoms with E-state index in [0.29, 0.717) is 19.1 Å². The zero-order valence-electron chi connectivity index (χ0n) is 15.7. The lowest BCUT2D eigenvalue weighted by atomic mass is 9.97. The molecule has 146 valence electrons. The van der Waals surface area contributed by atoms with Crippen LogP contribution in [-0.4, -0.2) is 19.5 Å². The Morgan fingerprint density at radius 1 is 1.17 bits per heavy atom. The lowest BCUT2D eigenvalue weighted by Crippen LogP contribution is -2.07. The maximum absolute atomic E-state index is 5.23. The standard InChI is InChI=1S/C21H19N5O2S/c1-2-4-17-15(3-1)18-19(23-10-13-5-6-14-11-27-28-16(14)9-13)24-21(25-20(18)29-17)26-8-7-22-12-26/h5-9,12H,1-4,10-11H2,(H,23,24,25). The third-order valence-electron chi connectivity index (χ3n) is 5.49. The van der Waals surface area contributed by atoms with E-state index in [0.717, 1.165) is 40.4 Å². The Bertz CT molecular complexity index is 1200. The van der Waals surface area contributed by atoms with Crippen LogP contribution in [0.3, 0.4) is 0 Å². The summed E-state index contributed by atoms with van der Waals surface area (Å²) in [5.41, 5.74) is 3.61. The molecule has 0 fully saturated rings. The average molecular weight is 405 g/mol. The molecule has 0 amide bonds. The van der Waals surface area contributed by atoms with Gasteiger partial charge >= 0.3 is 0 Å². The molecule has 0 unspecified atom stereocenters. The Hall–Kier alpha value is -2.97. The number of nitrogens with zero attached hydrogens (tertiary/aromatic N) is 4. The van der Waals surface area contributed by atoms with E-state index in [9.17, 15) is 0 Å². The van der Waals surface area contributed by atoms with E-state index in [4.69, 9.17) is 19.7 Å². The number of hydrogen-bond acceptors (Lipinski definition) is 7. The van der Waals surface area contributed by atoms with Crippen LogP contribution in [0.2, 0.25) is 0 Å². The summed E-state index contributed by atoms with van der Waals surface area (Å²) in [6.45, 7) is 1.15. The van der Waals surface area contributed by atoms with Crippen molar-refractivity contribution in [2.24, 2.45) is 0 Å². The Balaban J connectivity index is 1.41. The van der Waals surface area contributed by atoms with Crippen molar-refractivity contribution in [3.8, 4) is 11.7 Å². The molecule has 0 saturated carbocycles. The van der Waals surface area contributed by atoms with Crippen molar-refractivity contribution in [1.29, 1.82) is 0 Å². The number of aromatic nitrogens is 4. The van der Waals surface area contributed by atoms with Gasteiger partial charge in [-0.25, -0.2) is 9.97 Å². The number of aryl methyl sites for hydroxylation is 2. The number of rotatable bonds is 4. The smallest absolute Gasteiger partial charge is 0.238 e. The first-order valence-electron chi connectivity index (χ1n) is 9.81. The van der Waals surface area contributed by atoms with Crippen LogP contribution < -0.4 is 10.2 Å². The molecule has 1 aliphatic heterocycles. The lowest BCUT2D eigenvalue weighted by Gasteiger charge is -2.13. The third kappa shape index (κ3) is 2.95. The van der Waals surface area contributed by atoms with Gasteiger partial charge in [0.1, 0.15) is 23.6 Å². The molecule has 0 bridgehead atoms. The highest BCUT2D eigenvalue weighted by atomic mass is 32.1. The molecule has 7 nitrogen and oxygen atoms in total. The van der Waals surface area contributed by atoms with Crippen molar-refractivity contribution in [2.75, 3.05) is 5.32 Å². The number of nitrogens with one attached hydrogen (secondary N) is 1. The van der Waals surface area contributed by atoms with Crippen LogP contribution in [0.15, 0.2) is 36.9 Å². The fourth-order valence-electron chi connectivity index (χ4n) is 4.01. The van der Waals surface area contributed by atoms with Crippen molar-refractivity contribution in [2.45, 2.75) is 38.8 Å². The molecule has 1 aliphatic carbocycles. The number of hydrogen-bond donors (Lipinski definition) is 1. The molecular formula is C21H19N5O2S. The van der Waals surface area contributed by atoms with Crippen LogP contribution in [-0.2, 0) is 30.9 Å². The summed E-state index contributed by atoms with van der Waals surface area (Å²) >= 11 is 1.80. The zero-order valence-corrected chi connectivity index (χ0v) is 16.5. The molecule has 6 rings (SSSR count). The minimum absolute atomic E-state index is 0.505. The topological polar surface area (TPSA) is 74.1 Å². The van der Waals surface area contributed by atoms with E-state index in [1.807, 2.05) is 16.8 Å². The van der Waals surface area contributed by atoms with Crippen LogP contribution in [0.5, 0.6) is 5.75 Å². The summed E-state index contributed by atoms with van der Waals surface area (Å²) in [5.74, 6) is 2.32. The minimum atomic E-state index is 0.505. The Kier molecular flexibility index (Phi) is 3.98. The molecule has 2 aliphatic rings. The van der Waals surface area contributed by atoms with E-state index in [1.165, 1.54) is 28.7 Å². The van der Waals surface area contributed by atoms with E-state index in [2.05, 4.69) is 22.4 Å². The van der Waals surface area contributed by atoms with Gasteiger partial charge in [0.25, 0.3) is 0 Å². The molecule has 0 saturated heterocycles. The normalized spacial score (nSPS) is 15.2. The van der Waals surface area contributed by atoms with Crippen molar-refractivity contribution in [3.05, 3.63) is 58.5 Å². The summed E-state index contributed by atoms with van der Waals surface area (Å²) in [6.07, 6.45) is 10.1. The predicted molar refractivity (Wildman–Crippen MR) is 110 cm³/mol. The van der Waals surface area contributed by atoms with Gasteiger partial charge in [-0.05, 0) is 42.9 Å². The molecule has 0 radical (unpaired) electrons. The summed E-state index contributed by atoms with van der Waals surface area (Å²) in [7, 11) is 0. The van der Waals surface area contributed by atoms with Crippen molar-refractivity contribution in [3.63, 3.8) is 0 Å². The summed E-state index contributed by atoms with van der Waals surface area (Å²) in [6, 6.07) is 6.17. The first kappa shape index (κ1) is 16.9. The van der Waals surface area contributed by atoms with Crippen molar-refractivity contribution in [1.82, 2.24) is 19.5 Å². The van der Waals surface area contributed by atoms with Gasteiger partial charge in [0, 0.05) is 29.4 Å². The summed E-state index contributed by atoms with van der Waals surface area (Å²) in [4.78, 5) is 26.6. The quantitative estimate of drug-likeness (QED) is 0.513. The number of imidazole rings is 1. The van der Waals surface area contributed by atoms with Crippen molar-refractivity contribution >= 4 is 27.4 Å². The van der Waals surface area contributed by atoms with Gasteiger partial charge in [0.2, 0.25) is 5.95 Å². The van der Waals surface area contributed by atoms with Crippen molar-refractivity contribution < 1.29 is 9.78 Å². The SMILES string of the molecule is c1cn(-c2nc(NCc3ccc4c(c3)OOC4)c3c4c(sc3n2)CCCC4)cn1. The van der Waals surface area contributed by atoms with E-state index in [1.54, 1.807) is 23.9 Å². The molecule has 29 heavy (non-hydrogen) atoms. The maximum atomic E-state index is 5.23. The van der Waals surface area contributed by atoms with Gasteiger partial charge in [-0.15, -0.1) is 11.3 Å². The number of anilines is 1. The fraction of sp³-hybridized carbons (Fsp3) is 0.286. The summed E-state index contributed by atoms with van der Waals surface area (Å²) < 4.78 is 1.85. The molecule has 4 heterocycles. The number of fused-ring (bicyclic) bond motifs is 4. The van der Waals surface area contributed by atoms with Crippen LogP contribution in [0.25, 0.3) is 16.2 Å². The van der Waals surface area contributed by atoms with Crippen LogP contribution in [0.1, 0.15) is 34.4 Å². The molecule has 0 spiro atoms. The summed E-state index contributed by atoms with van der Waals surface area (Å²) in [5, 5.41) is 4.73. The van der Waals surface area contributed by atoms with Crippen LogP contribution >= 0.6 is 11.3 Å². The van der Waals surface area contributed by atoms with Crippen LogP contribution in [0, 0.1) is 0 Å². The molecular weight excluding hydrogens is 386 g/mol. The minimum Gasteiger partial charge on any atom is -0.365 e. The van der Waals surface area contributed by atoms with Gasteiger partial charge in [-0.1, -0.05) is 12.1 Å². The number of benzene rings is 1. The molecule has 1 aromatic carbocycles. The highest BCUT2D eigenvalue weighted by Gasteiger charge is 2.22. The fourth-order valence-corrected chi connectivity index (χ4v) is 5.27. The van der Waals surface area contributed by atoms with Gasteiger partial charge < -0.3 is 10.2 Å². The first-order valence-corrected chi connectivity index (χ1v) is 10.6. The molecule has 1 N–H and O–H groups in total. The number of thiophene rings is 1. The molecule has 8 heteroatoms. The largest absolute Gasteiger partial charge is 0.365 e. The molecule has 3 aromatic heterocycles. The first-order chi connectivity index (χ1) is 14.3. The Morgan fingerprint density at radius 3 is 3.07 bits per heavy atom. The second kappa shape index (κ2) is 6.82. The van der Waals surface area contributed by atoms with Crippen LogP contribution in [0.4, 0.5) is 5.82 Å². The average Bonchev–Trinajstić information content (AvgIpc) is 3.50. The Labute approximate surface area is 171 Å². The van der Waals surface area contributed by atoms with Gasteiger partial charge in [0.05, 0.1) is 5.39 Å². The highest BCUT2D eigenvalue weighted by molar-refractivity contribution is 7.19. The Morgan fingerprint density at radius 2 is 2.14 bits per heavy atom. The lowest BCUT2D eigenvalue weighted by molar-refractivity contribution is -0.194. The monoisotopic (exact) mass is 405 g/mol. The van der Waals surface area contributed by atoms with Gasteiger partial charge in [0.15, 0.2) is 5.75 Å². The van der Waals surface area contributed by atoms with Gasteiger partial charge in [-0.3, -0.25) is 4.57 Å². The zero-order chi connectivity index (χ0) is 19.2. The predicted octanol–water partition coefficient (Wildman–Crippen LogP) is 4.19. The van der Waals surface area contributed by atoms with Gasteiger partial charge in [-0.2, -0.15) is 9.87 Å².